The van der Waals surface area contributed by atoms with E-state index < -0.39 is 0 Å². The van der Waals surface area contributed by atoms with Gasteiger partial charge >= 0.3 is 0 Å². The van der Waals surface area contributed by atoms with Crippen molar-refractivity contribution >= 4 is 39.2 Å². The van der Waals surface area contributed by atoms with Gasteiger partial charge in [0.05, 0.1) is 23.4 Å². The summed E-state index contributed by atoms with van der Waals surface area (Å²) in [5.74, 6) is 0.754. The molecule has 4 rings (SSSR count). The molecule has 1 aliphatic carbocycles. The van der Waals surface area contributed by atoms with Gasteiger partial charge in [0, 0.05) is 17.1 Å². The Kier molecular flexibility index (Phi) is 6.77. The number of nitrogens with one attached hydrogen (secondary N) is 1. The van der Waals surface area contributed by atoms with E-state index in [0.29, 0.717) is 23.0 Å². The van der Waals surface area contributed by atoms with Crippen LogP contribution in [0.1, 0.15) is 48.7 Å². The fourth-order valence-corrected chi connectivity index (χ4v) is 6.00. The molecule has 1 amide bonds. The SMILES string of the molecule is Cc1sc2nc(SCC(=O)NC3CCCCC3C)n(Cc3ccccn3)c(=O)c2c1C. The number of hydrogen-bond donors (Lipinski definition) is 1. The molecule has 6 nitrogen and oxygen atoms in total. The maximum atomic E-state index is 13.4. The number of pyridine rings is 1. The first-order valence-corrected chi connectivity index (χ1v) is 12.6. The van der Waals surface area contributed by atoms with Crippen molar-refractivity contribution in [3.05, 3.63) is 50.9 Å². The Hall–Kier alpha value is -2.19. The number of nitrogens with zero attached hydrogens (tertiary/aromatic N) is 3. The van der Waals surface area contributed by atoms with Gasteiger partial charge < -0.3 is 5.32 Å². The van der Waals surface area contributed by atoms with Crippen LogP contribution < -0.4 is 10.9 Å². The molecule has 1 saturated carbocycles. The van der Waals surface area contributed by atoms with Crippen LogP contribution in [0, 0.1) is 19.8 Å². The van der Waals surface area contributed by atoms with Gasteiger partial charge in [0.25, 0.3) is 5.56 Å². The summed E-state index contributed by atoms with van der Waals surface area (Å²) in [6, 6.07) is 5.90. The topological polar surface area (TPSA) is 76.9 Å². The summed E-state index contributed by atoms with van der Waals surface area (Å²) in [4.78, 5) is 37.0. The van der Waals surface area contributed by atoms with E-state index in [2.05, 4.69) is 17.2 Å². The number of thioether (sulfide) groups is 1. The van der Waals surface area contributed by atoms with E-state index in [4.69, 9.17) is 4.98 Å². The second-order valence-electron chi connectivity index (χ2n) is 8.29. The summed E-state index contributed by atoms with van der Waals surface area (Å²) >= 11 is 2.86. The number of thiophene rings is 1. The standard InChI is InChI=1S/C23H28N4O2S2/c1-14-8-4-5-10-18(14)25-19(28)13-30-23-26-21-20(15(2)16(3)31-21)22(29)27(23)12-17-9-6-7-11-24-17/h6-7,9,11,14,18H,4-5,8,10,12-13H2,1-3H3,(H,25,28). The zero-order chi connectivity index (χ0) is 22.0. The number of aryl methyl sites for hydroxylation is 2. The van der Waals surface area contributed by atoms with Crippen LogP contribution in [0.5, 0.6) is 0 Å². The van der Waals surface area contributed by atoms with E-state index in [1.807, 2.05) is 32.0 Å². The Labute approximate surface area is 190 Å². The van der Waals surface area contributed by atoms with Crippen LogP contribution in [-0.4, -0.2) is 32.2 Å². The van der Waals surface area contributed by atoms with Crippen molar-refractivity contribution in [1.29, 1.82) is 0 Å². The molecule has 3 aromatic heterocycles. The Bertz CT molecular complexity index is 1140. The minimum Gasteiger partial charge on any atom is -0.352 e. The third-order valence-corrected chi connectivity index (χ3v) is 8.17. The third kappa shape index (κ3) is 4.85. The third-order valence-electron chi connectivity index (χ3n) is 6.09. The van der Waals surface area contributed by atoms with E-state index in [0.717, 1.165) is 33.8 Å². The molecule has 164 valence electrons. The second kappa shape index (κ2) is 9.53. The predicted octanol–water partition coefficient (Wildman–Crippen LogP) is 4.31. The highest BCUT2D eigenvalue weighted by molar-refractivity contribution is 7.99. The molecule has 0 spiro atoms. The number of hydrogen-bond acceptors (Lipinski definition) is 6. The van der Waals surface area contributed by atoms with Crippen LogP contribution >= 0.6 is 23.1 Å². The molecule has 1 aliphatic rings. The Morgan fingerprint density at radius 1 is 1.29 bits per heavy atom. The first kappa shape index (κ1) is 22.0. The smallest absolute Gasteiger partial charge is 0.263 e. The fraction of sp³-hybridized carbons (Fsp3) is 0.478. The van der Waals surface area contributed by atoms with Gasteiger partial charge in [0.1, 0.15) is 4.83 Å². The molecule has 0 saturated heterocycles. The van der Waals surface area contributed by atoms with Crippen LogP contribution in [0.15, 0.2) is 34.3 Å². The molecule has 31 heavy (non-hydrogen) atoms. The second-order valence-corrected chi connectivity index (χ2v) is 10.4. The largest absolute Gasteiger partial charge is 0.352 e. The Morgan fingerprint density at radius 2 is 2.10 bits per heavy atom. The quantitative estimate of drug-likeness (QED) is 0.442. The van der Waals surface area contributed by atoms with Crippen molar-refractivity contribution in [2.24, 2.45) is 5.92 Å². The maximum Gasteiger partial charge on any atom is 0.263 e. The lowest BCUT2D eigenvalue weighted by atomic mass is 9.86. The highest BCUT2D eigenvalue weighted by atomic mass is 32.2. The number of rotatable bonds is 6. The summed E-state index contributed by atoms with van der Waals surface area (Å²) in [5.41, 5.74) is 1.70. The molecular formula is C23H28N4O2S2. The van der Waals surface area contributed by atoms with Crippen molar-refractivity contribution in [3.63, 3.8) is 0 Å². The van der Waals surface area contributed by atoms with E-state index in [9.17, 15) is 9.59 Å². The maximum absolute atomic E-state index is 13.4. The van der Waals surface area contributed by atoms with Gasteiger partial charge in [-0.3, -0.25) is 19.1 Å². The average Bonchev–Trinajstić information content (AvgIpc) is 3.05. The molecule has 8 heteroatoms. The van der Waals surface area contributed by atoms with Crippen LogP contribution in [0.2, 0.25) is 0 Å². The Balaban J connectivity index is 1.60. The summed E-state index contributed by atoms with van der Waals surface area (Å²) in [5, 5.41) is 4.42. The number of carbonyl (C=O) groups excluding carboxylic acids is 1. The van der Waals surface area contributed by atoms with Gasteiger partial charge in [0.2, 0.25) is 5.91 Å². The van der Waals surface area contributed by atoms with Gasteiger partial charge in [-0.1, -0.05) is 37.6 Å². The molecule has 2 atom stereocenters. The zero-order valence-corrected chi connectivity index (χ0v) is 19.8. The number of aromatic nitrogens is 3. The molecular weight excluding hydrogens is 428 g/mol. The molecule has 0 bridgehead atoms. The summed E-state index contributed by atoms with van der Waals surface area (Å²) in [6.45, 7) is 6.52. The van der Waals surface area contributed by atoms with Crippen molar-refractivity contribution in [3.8, 4) is 0 Å². The Morgan fingerprint density at radius 3 is 2.84 bits per heavy atom. The minimum absolute atomic E-state index is 0.000947. The normalized spacial score (nSPS) is 18.9. The van der Waals surface area contributed by atoms with Crippen LogP contribution in [0.3, 0.4) is 0 Å². The summed E-state index contributed by atoms with van der Waals surface area (Å²) in [6.07, 6.45) is 6.34. The van der Waals surface area contributed by atoms with E-state index in [1.54, 1.807) is 10.8 Å². The van der Waals surface area contributed by atoms with Gasteiger partial charge in [-0.15, -0.1) is 11.3 Å². The number of carbonyl (C=O) groups is 1. The lowest BCUT2D eigenvalue weighted by Crippen LogP contribution is -2.42. The van der Waals surface area contributed by atoms with E-state index >= 15 is 0 Å². The van der Waals surface area contributed by atoms with Crippen molar-refractivity contribution in [1.82, 2.24) is 19.9 Å². The molecule has 0 aliphatic heterocycles. The van der Waals surface area contributed by atoms with Crippen molar-refractivity contribution in [2.75, 3.05) is 5.75 Å². The van der Waals surface area contributed by atoms with Crippen LogP contribution in [0.25, 0.3) is 10.2 Å². The number of fused-ring (bicyclic) bond motifs is 1. The molecule has 3 aromatic rings. The highest BCUT2D eigenvalue weighted by Crippen LogP contribution is 2.29. The molecule has 0 aromatic carbocycles. The van der Waals surface area contributed by atoms with Gasteiger partial charge in [-0.2, -0.15) is 0 Å². The van der Waals surface area contributed by atoms with Crippen LogP contribution in [-0.2, 0) is 11.3 Å². The average molecular weight is 457 g/mol. The lowest BCUT2D eigenvalue weighted by Gasteiger charge is -2.29. The monoisotopic (exact) mass is 456 g/mol. The van der Waals surface area contributed by atoms with Crippen LogP contribution in [0.4, 0.5) is 0 Å². The first-order chi connectivity index (χ1) is 14.9. The summed E-state index contributed by atoms with van der Waals surface area (Å²) in [7, 11) is 0. The molecule has 1 N–H and O–H groups in total. The van der Waals surface area contributed by atoms with Crippen molar-refractivity contribution < 1.29 is 4.79 Å². The lowest BCUT2D eigenvalue weighted by molar-refractivity contribution is -0.119. The first-order valence-electron chi connectivity index (χ1n) is 10.8. The van der Waals surface area contributed by atoms with Gasteiger partial charge in [0.15, 0.2) is 5.16 Å². The highest BCUT2D eigenvalue weighted by Gasteiger charge is 2.23. The fourth-order valence-electron chi connectivity index (χ4n) is 4.12. The van der Waals surface area contributed by atoms with E-state index in [-0.39, 0.29) is 23.3 Å². The number of amides is 1. The zero-order valence-electron chi connectivity index (χ0n) is 18.2. The van der Waals surface area contributed by atoms with E-state index in [1.165, 1.54) is 35.9 Å². The predicted molar refractivity (Wildman–Crippen MR) is 127 cm³/mol. The molecule has 0 radical (unpaired) electrons. The van der Waals surface area contributed by atoms with Gasteiger partial charge in [-0.25, -0.2) is 4.98 Å². The summed E-state index contributed by atoms with van der Waals surface area (Å²) < 4.78 is 1.66. The minimum atomic E-state index is -0.0682. The molecule has 1 fully saturated rings. The molecule has 2 unspecified atom stereocenters. The molecule has 3 heterocycles. The van der Waals surface area contributed by atoms with Gasteiger partial charge in [-0.05, 0) is 50.3 Å². The van der Waals surface area contributed by atoms with Crippen molar-refractivity contribution in [2.45, 2.75) is 64.2 Å².